The molecular weight excluding hydrogens is 156 g/mol. The van der Waals surface area contributed by atoms with Gasteiger partial charge in [-0.15, -0.1) is 0 Å². The smallest absolute Gasteiger partial charge is 0.278 e. The highest BCUT2D eigenvalue weighted by atomic mass is 16.6. The number of rotatable bonds is 2. The minimum Gasteiger partial charge on any atom is -0.278 e. The first kappa shape index (κ1) is 8.90. The lowest BCUT2D eigenvalue weighted by molar-refractivity contribution is -0.416. The van der Waals surface area contributed by atoms with Gasteiger partial charge in [0.05, 0.1) is 11.5 Å². The standard InChI is InChI=1S/C8H12N2O2/c1-5(2)7-8(10(11)12)6(3)4-9-7/h5H,4H2,1-3H3. The molecule has 0 aromatic carbocycles. The lowest BCUT2D eigenvalue weighted by atomic mass is 10.0. The van der Waals surface area contributed by atoms with Crippen LogP contribution in [0.2, 0.25) is 0 Å². The summed E-state index contributed by atoms with van der Waals surface area (Å²) in [6.45, 7) is 6.09. The van der Waals surface area contributed by atoms with Crippen LogP contribution in [0.1, 0.15) is 20.8 Å². The van der Waals surface area contributed by atoms with E-state index >= 15 is 0 Å². The van der Waals surface area contributed by atoms with E-state index in [0.717, 1.165) is 5.57 Å². The molecule has 1 aliphatic rings. The number of nitrogens with zero attached hydrogens (tertiary/aromatic N) is 2. The van der Waals surface area contributed by atoms with Crippen LogP contribution in [0.25, 0.3) is 0 Å². The monoisotopic (exact) mass is 168 g/mol. The second-order valence-corrected chi connectivity index (χ2v) is 3.24. The van der Waals surface area contributed by atoms with E-state index in [9.17, 15) is 10.1 Å². The van der Waals surface area contributed by atoms with Crippen LogP contribution in [0, 0.1) is 16.0 Å². The number of nitro groups is 1. The highest BCUT2D eigenvalue weighted by Crippen LogP contribution is 2.19. The Bertz CT molecular complexity index is 277. The summed E-state index contributed by atoms with van der Waals surface area (Å²) in [6, 6.07) is 0. The van der Waals surface area contributed by atoms with Gasteiger partial charge in [0, 0.05) is 11.5 Å². The molecular formula is C8H12N2O2. The quantitative estimate of drug-likeness (QED) is 0.465. The largest absolute Gasteiger partial charge is 0.291 e. The van der Waals surface area contributed by atoms with Crippen molar-refractivity contribution >= 4 is 5.71 Å². The van der Waals surface area contributed by atoms with Crippen molar-refractivity contribution in [3.63, 3.8) is 0 Å². The van der Waals surface area contributed by atoms with Crippen molar-refractivity contribution in [3.8, 4) is 0 Å². The third-order valence-corrected chi connectivity index (χ3v) is 1.86. The van der Waals surface area contributed by atoms with Gasteiger partial charge in [0.1, 0.15) is 5.71 Å². The summed E-state index contributed by atoms with van der Waals surface area (Å²) in [6.07, 6.45) is 0. The van der Waals surface area contributed by atoms with Gasteiger partial charge >= 0.3 is 0 Å². The molecule has 66 valence electrons. The van der Waals surface area contributed by atoms with Gasteiger partial charge in [-0.05, 0) is 6.92 Å². The third kappa shape index (κ3) is 1.37. The molecule has 1 rings (SSSR count). The van der Waals surface area contributed by atoms with E-state index in [2.05, 4.69) is 4.99 Å². The van der Waals surface area contributed by atoms with Crippen molar-refractivity contribution in [3.05, 3.63) is 21.4 Å². The van der Waals surface area contributed by atoms with Gasteiger partial charge < -0.3 is 0 Å². The summed E-state index contributed by atoms with van der Waals surface area (Å²) >= 11 is 0. The number of aliphatic imine (C=N–C) groups is 1. The van der Waals surface area contributed by atoms with Gasteiger partial charge in [-0.25, -0.2) is 0 Å². The fourth-order valence-corrected chi connectivity index (χ4v) is 1.28. The zero-order chi connectivity index (χ0) is 9.30. The Hall–Kier alpha value is -1.19. The Morgan fingerprint density at radius 3 is 2.50 bits per heavy atom. The van der Waals surface area contributed by atoms with Gasteiger partial charge in [0.25, 0.3) is 5.70 Å². The maximum Gasteiger partial charge on any atom is 0.291 e. The lowest BCUT2D eigenvalue weighted by Gasteiger charge is -2.02. The van der Waals surface area contributed by atoms with Crippen LogP contribution < -0.4 is 0 Å². The summed E-state index contributed by atoms with van der Waals surface area (Å²) in [5.74, 6) is 0.142. The zero-order valence-electron chi connectivity index (χ0n) is 7.50. The van der Waals surface area contributed by atoms with Gasteiger partial charge in [0.2, 0.25) is 0 Å². The maximum atomic E-state index is 10.6. The molecule has 0 aromatic rings. The maximum absolute atomic E-state index is 10.6. The molecule has 0 spiro atoms. The van der Waals surface area contributed by atoms with Crippen molar-refractivity contribution in [2.75, 3.05) is 6.54 Å². The van der Waals surface area contributed by atoms with Crippen LogP contribution in [0.3, 0.4) is 0 Å². The minimum atomic E-state index is -0.332. The Morgan fingerprint density at radius 1 is 1.58 bits per heavy atom. The van der Waals surface area contributed by atoms with E-state index in [1.807, 2.05) is 13.8 Å². The average Bonchev–Trinajstić information content (AvgIpc) is 2.30. The fraction of sp³-hybridized carbons (Fsp3) is 0.625. The SMILES string of the molecule is CC1=C([N+](=O)[O-])C(C(C)C)=NC1. The lowest BCUT2D eigenvalue weighted by Crippen LogP contribution is -2.15. The average molecular weight is 168 g/mol. The van der Waals surface area contributed by atoms with Crippen molar-refractivity contribution in [2.45, 2.75) is 20.8 Å². The highest BCUT2D eigenvalue weighted by molar-refractivity contribution is 6.01. The number of hydrogen-bond donors (Lipinski definition) is 0. The molecule has 0 fully saturated rings. The van der Waals surface area contributed by atoms with Gasteiger partial charge in [0.15, 0.2) is 0 Å². The summed E-state index contributed by atoms with van der Waals surface area (Å²) in [7, 11) is 0. The Morgan fingerprint density at radius 2 is 2.17 bits per heavy atom. The second kappa shape index (κ2) is 3.05. The summed E-state index contributed by atoms with van der Waals surface area (Å²) < 4.78 is 0. The normalized spacial score (nSPS) is 17.2. The predicted octanol–water partition coefficient (Wildman–Crippen LogP) is 1.65. The van der Waals surface area contributed by atoms with Crippen molar-refractivity contribution in [1.29, 1.82) is 0 Å². The molecule has 0 N–H and O–H groups in total. The zero-order valence-corrected chi connectivity index (χ0v) is 7.50. The van der Waals surface area contributed by atoms with Crippen molar-refractivity contribution in [1.82, 2.24) is 0 Å². The van der Waals surface area contributed by atoms with Crippen molar-refractivity contribution < 1.29 is 4.92 Å². The Kier molecular flexibility index (Phi) is 2.26. The molecule has 0 saturated carbocycles. The summed E-state index contributed by atoms with van der Waals surface area (Å²) in [5.41, 5.74) is 1.63. The predicted molar refractivity (Wildman–Crippen MR) is 46.8 cm³/mol. The molecule has 4 nitrogen and oxygen atoms in total. The van der Waals surface area contributed by atoms with E-state index in [1.165, 1.54) is 0 Å². The molecule has 1 heterocycles. The van der Waals surface area contributed by atoms with E-state index in [-0.39, 0.29) is 16.5 Å². The van der Waals surface area contributed by atoms with E-state index in [0.29, 0.717) is 12.3 Å². The highest BCUT2D eigenvalue weighted by Gasteiger charge is 2.28. The van der Waals surface area contributed by atoms with Gasteiger partial charge in [-0.2, -0.15) is 0 Å². The fourth-order valence-electron chi connectivity index (χ4n) is 1.28. The van der Waals surface area contributed by atoms with E-state index in [4.69, 9.17) is 0 Å². The van der Waals surface area contributed by atoms with Crippen molar-refractivity contribution in [2.24, 2.45) is 10.9 Å². The van der Waals surface area contributed by atoms with Crippen LogP contribution in [-0.4, -0.2) is 17.2 Å². The first-order chi connectivity index (χ1) is 5.54. The van der Waals surface area contributed by atoms with Gasteiger partial charge in [-0.3, -0.25) is 15.1 Å². The van der Waals surface area contributed by atoms with Crippen LogP contribution >= 0.6 is 0 Å². The molecule has 0 unspecified atom stereocenters. The second-order valence-electron chi connectivity index (χ2n) is 3.24. The summed E-state index contributed by atoms with van der Waals surface area (Å²) in [5, 5.41) is 10.6. The molecule has 0 bridgehead atoms. The molecule has 4 heteroatoms. The third-order valence-electron chi connectivity index (χ3n) is 1.86. The first-order valence-corrected chi connectivity index (χ1v) is 3.93. The Labute approximate surface area is 71.1 Å². The molecule has 0 saturated heterocycles. The molecule has 0 aromatic heterocycles. The first-order valence-electron chi connectivity index (χ1n) is 3.93. The number of allylic oxidation sites excluding steroid dienone is 1. The van der Waals surface area contributed by atoms with E-state index in [1.54, 1.807) is 6.92 Å². The molecule has 0 radical (unpaired) electrons. The minimum absolute atomic E-state index is 0.142. The van der Waals surface area contributed by atoms with Crippen LogP contribution in [0.15, 0.2) is 16.3 Å². The molecule has 0 atom stereocenters. The van der Waals surface area contributed by atoms with Crippen LogP contribution in [0.5, 0.6) is 0 Å². The van der Waals surface area contributed by atoms with E-state index < -0.39 is 0 Å². The van der Waals surface area contributed by atoms with Crippen LogP contribution in [0.4, 0.5) is 0 Å². The molecule has 0 aliphatic carbocycles. The topological polar surface area (TPSA) is 55.5 Å². The number of hydrogen-bond acceptors (Lipinski definition) is 3. The molecule has 12 heavy (non-hydrogen) atoms. The molecule has 0 amide bonds. The Balaban J connectivity index is 3.01. The molecule has 1 aliphatic heterocycles. The van der Waals surface area contributed by atoms with Gasteiger partial charge in [-0.1, -0.05) is 13.8 Å². The van der Waals surface area contributed by atoms with Crippen LogP contribution in [-0.2, 0) is 0 Å². The summed E-state index contributed by atoms with van der Waals surface area (Å²) in [4.78, 5) is 14.4.